The number of ether oxygens (including phenoxy) is 3. The Kier molecular flexibility index (Phi) is 6.02. The maximum absolute atomic E-state index is 12.2. The molecule has 0 aromatic heterocycles. The highest BCUT2D eigenvalue weighted by Gasteiger charge is 2.31. The molecule has 1 aliphatic rings. The molecule has 0 amide bonds. The van der Waals surface area contributed by atoms with E-state index in [2.05, 4.69) is 6.07 Å². The van der Waals surface area contributed by atoms with Crippen LogP contribution in [0.15, 0.2) is 78.2 Å². The highest BCUT2D eigenvalue weighted by atomic mass is 35.5. The summed E-state index contributed by atoms with van der Waals surface area (Å²) in [4.78, 5) is 12.2. The second-order valence-electron chi connectivity index (χ2n) is 7.26. The monoisotopic (exact) mass is 446 g/mol. The molecule has 2 N–H and O–H groups in total. The average molecular weight is 447 g/mol. The van der Waals surface area contributed by atoms with Crippen molar-refractivity contribution in [2.75, 3.05) is 6.61 Å². The van der Waals surface area contributed by atoms with Crippen LogP contribution in [0.25, 0.3) is 0 Å². The third-order valence-electron chi connectivity index (χ3n) is 4.98. The van der Waals surface area contributed by atoms with Gasteiger partial charge in [0.2, 0.25) is 5.88 Å². The van der Waals surface area contributed by atoms with E-state index in [-0.39, 0.29) is 23.8 Å². The van der Waals surface area contributed by atoms with Crippen LogP contribution in [0.5, 0.6) is 17.2 Å². The van der Waals surface area contributed by atoms with Gasteiger partial charge in [0.05, 0.1) is 5.92 Å². The van der Waals surface area contributed by atoms with E-state index in [1.54, 1.807) is 42.5 Å². The van der Waals surface area contributed by atoms with Gasteiger partial charge in [-0.25, -0.2) is 4.79 Å². The molecular weight excluding hydrogens is 428 g/mol. The van der Waals surface area contributed by atoms with Crippen molar-refractivity contribution >= 4 is 17.6 Å². The third kappa shape index (κ3) is 4.53. The van der Waals surface area contributed by atoms with Gasteiger partial charge in [-0.2, -0.15) is 5.26 Å². The average Bonchev–Trinajstić information content (AvgIpc) is 2.77. The lowest BCUT2D eigenvalue weighted by atomic mass is 9.83. The summed E-state index contributed by atoms with van der Waals surface area (Å²) >= 11 is 6.15. The smallest absolute Gasteiger partial charge is 0.349 e. The molecule has 1 unspecified atom stereocenters. The molecular formula is C25H19ClN2O4. The Balaban J connectivity index is 1.54. The number of nitrogens with zero attached hydrogens (tertiary/aromatic N) is 1. The van der Waals surface area contributed by atoms with Crippen LogP contribution in [0.1, 0.15) is 22.6 Å². The van der Waals surface area contributed by atoms with E-state index in [1.165, 1.54) is 0 Å². The van der Waals surface area contributed by atoms with Gasteiger partial charge in [0, 0.05) is 16.7 Å². The molecule has 0 fully saturated rings. The van der Waals surface area contributed by atoms with Gasteiger partial charge in [0.25, 0.3) is 0 Å². The van der Waals surface area contributed by atoms with Gasteiger partial charge in [0.1, 0.15) is 28.9 Å². The van der Waals surface area contributed by atoms with Gasteiger partial charge >= 0.3 is 5.97 Å². The van der Waals surface area contributed by atoms with Crippen LogP contribution < -0.4 is 19.9 Å². The zero-order chi connectivity index (χ0) is 22.7. The van der Waals surface area contributed by atoms with Crippen molar-refractivity contribution in [3.05, 3.63) is 99.9 Å². The van der Waals surface area contributed by atoms with Crippen LogP contribution in [0.4, 0.5) is 0 Å². The molecule has 1 heterocycles. The molecule has 3 aromatic rings. The van der Waals surface area contributed by atoms with E-state index < -0.39 is 11.9 Å². The second-order valence-corrected chi connectivity index (χ2v) is 7.69. The molecule has 32 heavy (non-hydrogen) atoms. The van der Waals surface area contributed by atoms with Crippen LogP contribution in [0.3, 0.4) is 0 Å². The fourth-order valence-electron chi connectivity index (χ4n) is 3.47. The lowest BCUT2D eigenvalue weighted by Gasteiger charge is -2.26. The van der Waals surface area contributed by atoms with E-state index in [0.717, 1.165) is 11.1 Å². The number of carbonyl (C=O) groups is 1. The lowest BCUT2D eigenvalue weighted by Crippen LogP contribution is -2.21. The van der Waals surface area contributed by atoms with Crippen molar-refractivity contribution < 1.29 is 19.0 Å². The van der Waals surface area contributed by atoms with Crippen LogP contribution in [0.2, 0.25) is 5.02 Å². The van der Waals surface area contributed by atoms with Crippen molar-refractivity contribution in [3.8, 4) is 23.3 Å². The maximum Gasteiger partial charge on any atom is 0.349 e. The molecule has 3 aromatic carbocycles. The molecule has 7 heteroatoms. The van der Waals surface area contributed by atoms with Crippen molar-refractivity contribution in [3.63, 3.8) is 0 Å². The first-order valence-electron chi connectivity index (χ1n) is 9.82. The lowest BCUT2D eigenvalue weighted by molar-refractivity contribution is -0.136. The summed E-state index contributed by atoms with van der Waals surface area (Å²) in [6.45, 7) is 1.72. The van der Waals surface area contributed by atoms with Gasteiger partial charge in [0.15, 0.2) is 6.61 Å². The molecule has 160 valence electrons. The number of halogens is 1. The fourth-order valence-corrected chi connectivity index (χ4v) is 3.66. The summed E-state index contributed by atoms with van der Waals surface area (Å²) < 4.78 is 16.5. The van der Waals surface area contributed by atoms with Gasteiger partial charge in [-0.1, -0.05) is 47.5 Å². The Morgan fingerprint density at radius 3 is 2.59 bits per heavy atom. The molecule has 0 aliphatic carbocycles. The Morgan fingerprint density at radius 2 is 1.88 bits per heavy atom. The topological polar surface area (TPSA) is 94.6 Å². The highest BCUT2D eigenvalue weighted by Crippen LogP contribution is 2.43. The van der Waals surface area contributed by atoms with Crippen molar-refractivity contribution in [2.45, 2.75) is 12.8 Å². The standard InChI is InChI=1S/C25H19ClN2O4/c1-15-5-7-18(8-6-15)30-14-23(29)31-19-9-10-20-22(12-19)32-25(28)21(13-27)24(20)16-3-2-4-17(26)11-16/h2-12,24H,14,28H2,1H3. The summed E-state index contributed by atoms with van der Waals surface area (Å²) in [6, 6.07) is 21.6. The summed E-state index contributed by atoms with van der Waals surface area (Å²) in [5, 5.41) is 10.2. The predicted octanol–water partition coefficient (Wildman–Crippen LogP) is 4.85. The summed E-state index contributed by atoms with van der Waals surface area (Å²) in [7, 11) is 0. The molecule has 0 bridgehead atoms. The number of esters is 1. The molecule has 1 atom stereocenters. The molecule has 4 rings (SSSR count). The van der Waals surface area contributed by atoms with Crippen molar-refractivity contribution in [2.24, 2.45) is 5.73 Å². The summed E-state index contributed by atoms with van der Waals surface area (Å²) in [5.41, 5.74) is 8.92. The number of carbonyl (C=O) groups excluding carboxylic acids is 1. The highest BCUT2D eigenvalue weighted by molar-refractivity contribution is 6.30. The number of fused-ring (bicyclic) bond motifs is 1. The van der Waals surface area contributed by atoms with Crippen LogP contribution in [-0.2, 0) is 4.79 Å². The van der Waals surface area contributed by atoms with Crippen LogP contribution in [0, 0.1) is 18.3 Å². The van der Waals surface area contributed by atoms with E-state index in [1.807, 2.05) is 31.2 Å². The number of hydrogen-bond acceptors (Lipinski definition) is 6. The van der Waals surface area contributed by atoms with E-state index in [4.69, 9.17) is 31.5 Å². The molecule has 0 saturated heterocycles. The van der Waals surface area contributed by atoms with Gasteiger partial charge in [-0.3, -0.25) is 0 Å². The number of allylic oxidation sites excluding steroid dienone is 1. The first-order chi connectivity index (χ1) is 15.4. The van der Waals surface area contributed by atoms with Crippen LogP contribution in [-0.4, -0.2) is 12.6 Å². The Hall–Kier alpha value is -3.95. The zero-order valence-electron chi connectivity index (χ0n) is 17.2. The van der Waals surface area contributed by atoms with Gasteiger partial charge < -0.3 is 19.9 Å². The summed E-state index contributed by atoms with van der Waals surface area (Å²) in [5.74, 6) is 0.241. The van der Waals surface area contributed by atoms with Crippen molar-refractivity contribution in [1.29, 1.82) is 5.26 Å². The number of hydrogen-bond donors (Lipinski definition) is 1. The second kappa shape index (κ2) is 9.04. The first kappa shape index (κ1) is 21.3. The number of benzene rings is 3. The van der Waals surface area contributed by atoms with E-state index in [0.29, 0.717) is 22.1 Å². The van der Waals surface area contributed by atoms with Crippen LogP contribution >= 0.6 is 11.6 Å². The Bertz CT molecular complexity index is 1250. The number of aryl methyl sites for hydroxylation is 1. The molecule has 1 aliphatic heterocycles. The number of rotatable bonds is 5. The van der Waals surface area contributed by atoms with E-state index >= 15 is 0 Å². The SMILES string of the molecule is Cc1ccc(OCC(=O)Oc2ccc3c(c2)OC(N)=C(C#N)C3c2cccc(Cl)c2)cc1. The molecule has 0 saturated carbocycles. The van der Waals surface area contributed by atoms with Gasteiger partial charge in [-0.15, -0.1) is 0 Å². The fraction of sp³-hybridized carbons (Fsp3) is 0.120. The minimum absolute atomic E-state index is 0.00356. The van der Waals surface area contributed by atoms with Crippen molar-refractivity contribution in [1.82, 2.24) is 0 Å². The minimum atomic E-state index is -0.561. The minimum Gasteiger partial charge on any atom is -0.482 e. The quantitative estimate of drug-likeness (QED) is 0.444. The van der Waals surface area contributed by atoms with E-state index in [9.17, 15) is 10.1 Å². The Morgan fingerprint density at radius 1 is 1.12 bits per heavy atom. The molecule has 0 radical (unpaired) electrons. The third-order valence-corrected chi connectivity index (χ3v) is 5.22. The van der Waals surface area contributed by atoms with Gasteiger partial charge in [-0.05, 0) is 42.8 Å². The number of nitrogens with two attached hydrogens (primary N) is 1. The number of nitriles is 1. The molecule has 6 nitrogen and oxygen atoms in total. The molecule has 0 spiro atoms. The Labute approximate surface area is 190 Å². The zero-order valence-corrected chi connectivity index (χ0v) is 17.9. The summed E-state index contributed by atoms with van der Waals surface area (Å²) in [6.07, 6.45) is 0. The first-order valence-corrected chi connectivity index (χ1v) is 10.2. The largest absolute Gasteiger partial charge is 0.482 e. The maximum atomic E-state index is 12.2. The predicted molar refractivity (Wildman–Crippen MR) is 120 cm³/mol. The normalized spacial score (nSPS) is 14.7.